The second-order valence-electron chi connectivity index (χ2n) is 10.4. The molecule has 1 aromatic heterocycles. The van der Waals surface area contributed by atoms with E-state index in [4.69, 9.17) is 9.47 Å². The number of nitrogens with zero attached hydrogens (tertiary/aromatic N) is 2. The molecular weight excluding hydrogens is 626 g/mol. The molecule has 0 amide bonds. The summed E-state index contributed by atoms with van der Waals surface area (Å²) in [6.07, 6.45) is 0. The largest absolute Gasteiger partial charge is 0.434 e. The average Bonchev–Trinajstić information content (AvgIpc) is 3.27. The van der Waals surface area contributed by atoms with Crippen molar-refractivity contribution in [3.05, 3.63) is 170 Å². The molecule has 6 aromatic rings. The van der Waals surface area contributed by atoms with Crippen LogP contribution in [0.2, 0.25) is 0 Å². The zero-order valence-corrected chi connectivity index (χ0v) is 25.5. The molecular formula is C36H29BrF2N2O3. The fourth-order valence-electron chi connectivity index (χ4n) is 5.71. The first kappa shape index (κ1) is 29.5. The van der Waals surface area contributed by atoms with Crippen LogP contribution >= 0.6 is 15.9 Å². The van der Waals surface area contributed by atoms with E-state index < -0.39 is 12.2 Å². The molecule has 0 N–H and O–H groups in total. The fraction of sp³-hybridized carbons (Fsp3) is 0.139. The van der Waals surface area contributed by atoms with Gasteiger partial charge < -0.3 is 9.47 Å². The summed E-state index contributed by atoms with van der Waals surface area (Å²) in [5.41, 5.74) is 3.66. The molecule has 44 heavy (non-hydrogen) atoms. The molecule has 0 aliphatic rings. The molecule has 1 heterocycles. The van der Waals surface area contributed by atoms with Gasteiger partial charge >= 0.3 is 6.61 Å². The minimum Gasteiger partial charge on any atom is -0.434 e. The van der Waals surface area contributed by atoms with Gasteiger partial charge in [0.25, 0.3) is 5.56 Å². The van der Waals surface area contributed by atoms with Gasteiger partial charge in [0, 0.05) is 17.1 Å². The zero-order valence-electron chi connectivity index (χ0n) is 23.9. The van der Waals surface area contributed by atoms with Crippen molar-refractivity contribution < 1.29 is 18.3 Å². The maximum absolute atomic E-state index is 13.5. The fourth-order valence-corrected chi connectivity index (χ4v) is 6.06. The van der Waals surface area contributed by atoms with Gasteiger partial charge in [-0.15, -0.1) is 0 Å². The summed E-state index contributed by atoms with van der Waals surface area (Å²) in [6, 6.07) is 40.5. The number of alkyl halides is 2. The Morgan fingerprint density at radius 2 is 1.34 bits per heavy atom. The Morgan fingerprint density at radius 3 is 1.89 bits per heavy atom. The molecule has 0 atom stereocenters. The van der Waals surface area contributed by atoms with Crippen molar-refractivity contribution in [2.75, 3.05) is 0 Å². The molecule has 0 saturated heterocycles. The smallest absolute Gasteiger partial charge is 0.387 e. The number of ether oxygens (including phenoxy) is 2. The monoisotopic (exact) mass is 654 g/mol. The van der Waals surface area contributed by atoms with Crippen LogP contribution in [0.25, 0.3) is 10.9 Å². The van der Waals surface area contributed by atoms with Gasteiger partial charge in [0.15, 0.2) is 0 Å². The maximum atomic E-state index is 13.5. The lowest BCUT2D eigenvalue weighted by Gasteiger charge is -2.36. The van der Waals surface area contributed by atoms with Crippen molar-refractivity contribution in [2.24, 2.45) is 7.05 Å². The summed E-state index contributed by atoms with van der Waals surface area (Å²) in [5.74, 6) is 0.0356. The molecule has 0 radical (unpaired) electrons. The van der Waals surface area contributed by atoms with Crippen LogP contribution in [0.4, 0.5) is 8.78 Å². The molecule has 5 nitrogen and oxygen atoms in total. The summed E-state index contributed by atoms with van der Waals surface area (Å²) in [4.78, 5) is 13.0. The van der Waals surface area contributed by atoms with E-state index in [1.807, 2.05) is 97.1 Å². The first-order valence-corrected chi connectivity index (χ1v) is 14.9. The Labute approximate surface area is 262 Å². The van der Waals surface area contributed by atoms with Crippen molar-refractivity contribution >= 4 is 26.8 Å². The van der Waals surface area contributed by atoms with E-state index in [1.54, 1.807) is 36.0 Å². The average molecular weight is 656 g/mol. The molecule has 0 spiro atoms. The highest BCUT2D eigenvalue weighted by Gasteiger charge is 2.37. The standard InChI is InChI=1S/C36H29BrF2N2O3/c1-40-34(42)31-19-18-30(37)22-32(31)41(40)23-26-21-25(17-20-33(26)44-35(38)39)24-43-36(27-11-5-2-6-12-27,28-13-7-3-8-14-28)29-15-9-4-10-16-29/h2-22,35H,23-24H2,1H3. The summed E-state index contributed by atoms with van der Waals surface area (Å²) in [7, 11) is 1.66. The lowest BCUT2D eigenvalue weighted by molar-refractivity contribution is -0.0505. The second-order valence-corrected chi connectivity index (χ2v) is 11.4. The Morgan fingerprint density at radius 1 is 0.773 bits per heavy atom. The third kappa shape index (κ3) is 5.70. The highest BCUT2D eigenvalue weighted by atomic mass is 79.9. The molecule has 0 bridgehead atoms. The van der Waals surface area contributed by atoms with Gasteiger partial charge in [0.1, 0.15) is 11.4 Å². The van der Waals surface area contributed by atoms with Gasteiger partial charge in [-0.1, -0.05) is 113 Å². The number of halogens is 3. The first-order valence-electron chi connectivity index (χ1n) is 14.1. The van der Waals surface area contributed by atoms with Crippen LogP contribution in [0.1, 0.15) is 27.8 Å². The second kappa shape index (κ2) is 12.6. The Bertz CT molecular complexity index is 1840. The SMILES string of the molecule is Cn1c(=O)c2ccc(Br)cc2n1Cc1cc(COC(c2ccccc2)(c2ccccc2)c2ccccc2)ccc1OC(F)F. The number of aromatic nitrogens is 2. The minimum absolute atomic E-state index is 0.0356. The van der Waals surface area contributed by atoms with Crippen LogP contribution in [-0.4, -0.2) is 16.0 Å². The highest BCUT2D eigenvalue weighted by Crippen LogP contribution is 2.41. The predicted octanol–water partition coefficient (Wildman–Crippen LogP) is 8.26. The van der Waals surface area contributed by atoms with Crippen molar-refractivity contribution in [3.8, 4) is 5.75 Å². The van der Waals surface area contributed by atoms with Crippen LogP contribution in [-0.2, 0) is 30.5 Å². The normalized spacial score (nSPS) is 11.8. The molecule has 0 fully saturated rings. The predicted molar refractivity (Wildman–Crippen MR) is 171 cm³/mol. The van der Waals surface area contributed by atoms with E-state index in [-0.39, 0.29) is 24.5 Å². The van der Waals surface area contributed by atoms with Crippen LogP contribution < -0.4 is 10.3 Å². The Hall–Kier alpha value is -4.53. The van der Waals surface area contributed by atoms with E-state index in [1.165, 1.54) is 10.7 Å². The number of benzene rings is 5. The third-order valence-electron chi connectivity index (χ3n) is 7.78. The van der Waals surface area contributed by atoms with Crippen LogP contribution in [0.5, 0.6) is 5.75 Å². The molecule has 0 aliphatic heterocycles. The quantitative estimate of drug-likeness (QED) is 0.140. The van der Waals surface area contributed by atoms with Gasteiger partial charge in [-0.05, 0) is 52.6 Å². The van der Waals surface area contributed by atoms with E-state index >= 15 is 0 Å². The third-order valence-corrected chi connectivity index (χ3v) is 8.27. The number of rotatable bonds is 10. The molecule has 0 aliphatic carbocycles. The molecule has 8 heteroatoms. The number of hydrogen-bond donors (Lipinski definition) is 0. The summed E-state index contributed by atoms with van der Waals surface area (Å²) >= 11 is 3.48. The van der Waals surface area contributed by atoms with Gasteiger partial charge in [-0.3, -0.25) is 14.2 Å². The molecule has 6 rings (SSSR count). The minimum atomic E-state index is -3.00. The molecule has 222 valence electrons. The van der Waals surface area contributed by atoms with E-state index in [0.29, 0.717) is 16.5 Å². The van der Waals surface area contributed by atoms with Crippen molar-refractivity contribution in [3.63, 3.8) is 0 Å². The molecule has 5 aromatic carbocycles. The lowest BCUT2D eigenvalue weighted by Crippen LogP contribution is -2.32. The number of fused-ring (bicyclic) bond motifs is 1. The Balaban J connectivity index is 1.43. The van der Waals surface area contributed by atoms with Crippen LogP contribution in [0, 0.1) is 0 Å². The van der Waals surface area contributed by atoms with Gasteiger partial charge in [0.2, 0.25) is 0 Å². The first-order chi connectivity index (χ1) is 21.4. The maximum Gasteiger partial charge on any atom is 0.387 e. The van der Waals surface area contributed by atoms with Gasteiger partial charge in [0.05, 0.1) is 24.1 Å². The lowest BCUT2D eigenvalue weighted by atomic mass is 9.80. The number of hydrogen-bond acceptors (Lipinski definition) is 3. The Kier molecular flexibility index (Phi) is 8.46. The van der Waals surface area contributed by atoms with E-state index in [9.17, 15) is 13.6 Å². The molecule has 0 unspecified atom stereocenters. The highest BCUT2D eigenvalue weighted by molar-refractivity contribution is 9.10. The zero-order chi connectivity index (χ0) is 30.7. The topological polar surface area (TPSA) is 45.4 Å². The van der Waals surface area contributed by atoms with E-state index in [0.717, 1.165) is 26.7 Å². The van der Waals surface area contributed by atoms with Crippen molar-refractivity contribution in [2.45, 2.75) is 25.4 Å². The van der Waals surface area contributed by atoms with Gasteiger partial charge in [-0.2, -0.15) is 8.78 Å². The van der Waals surface area contributed by atoms with Crippen molar-refractivity contribution in [1.29, 1.82) is 0 Å². The van der Waals surface area contributed by atoms with Crippen LogP contribution in [0.15, 0.2) is 137 Å². The van der Waals surface area contributed by atoms with E-state index in [2.05, 4.69) is 15.9 Å². The van der Waals surface area contributed by atoms with Crippen LogP contribution in [0.3, 0.4) is 0 Å². The summed E-state index contributed by atoms with van der Waals surface area (Å²) in [5, 5.41) is 0.532. The summed E-state index contributed by atoms with van der Waals surface area (Å²) < 4.78 is 42.9. The van der Waals surface area contributed by atoms with Crippen molar-refractivity contribution in [1.82, 2.24) is 9.36 Å². The summed E-state index contributed by atoms with van der Waals surface area (Å²) in [6.45, 7) is -2.71. The van der Waals surface area contributed by atoms with Gasteiger partial charge in [-0.25, -0.2) is 0 Å². The molecule has 0 saturated carbocycles.